The smallest absolute Gasteiger partial charge is 0.413 e. The topological polar surface area (TPSA) is 115 Å². The van der Waals surface area contributed by atoms with Crippen LogP contribution in [0.2, 0.25) is 0 Å². The van der Waals surface area contributed by atoms with E-state index in [0.717, 1.165) is 37.2 Å². The van der Waals surface area contributed by atoms with Crippen LogP contribution in [0.15, 0.2) is 24.5 Å². The first-order valence-electron chi connectivity index (χ1n) is 11.3. The molecule has 0 saturated carbocycles. The number of benzene rings is 1. The zero-order chi connectivity index (χ0) is 23.8. The number of carbonyl (C=O) groups excluding carboxylic acids is 1. The van der Waals surface area contributed by atoms with Gasteiger partial charge in [0, 0.05) is 48.5 Å². The van der Waals surface area contributed by atoms with Crippen LogP contribution in [0.25, 0.3) is 21.9 Å². The summed E-state index contributed by atoms with van der Waals surface area (Å²) in [4.78, 5) is 23.2. The van der Waals surface area contributed by atoms with Crippen molar-refractivity contribution in [3.63, 3.8) is 0 Å². The Balaban J connectivity index is 1.44. The van der Waals surface area contributed by atoms with Crippen molar-refractivity contribution in [3.05, 3.63) is 35.9 Å². The number of likely N-dealkylation sites (tertiary alicyclic amines) is 1. The van der Waals surface area contributed by atoms with Gasteiger partial charge in [-0.25, -0.2) is 19.2 Å². The third-order valence-corrected chi connectivity index (χ3v) is 6.40. The van der Waals surface area contributed by atoms with Crippen LogP contribution < -0.4 is 21.1 Å². The van der Waals surface area contributed by atoms with Gasteiger partial charge in [-0.2, -0.15) is 0 Å². The summed E-state index contributed by atoms with van der Waals surface area (Å²) in [6.07, 6.45) is 3.95. The quantitative estimate of drug-likeness (QED) is 0.500. The summed E-state index contributed by atoms with van der Waals surface area (Å²) >= 11 is 0. The van der Waals surface area contributed by atoms with Gasteiger partial charge in [-0.1, -0.05) is 0 Å². The van der Waals surface area contributed by atoms with Crippen LogP contribution in [0.5, 0.6) is 5.88 Å². The zero-order valence-corrected chi connectivity index (χ0v) is 19.2. The number of aromatic nitrogens is 2. The number of pyridine rings is 2. The fourth-order valence-corrected chi connectivity index (χ4v) is 4.44. The van der Waals surface area contributed by atoms with E-state index in [4.69, 9.17) is 15.2 Å². The highest BCUT2D eigenvalue weighted by molar-refractivity contribution is 5.99. The Morgan fingerprint density at radius 2 is 2.06 bits per heavy atom. The van der Waals surface area contributed by atoms with E-state index in [2.05, 4.69) is 25.5 Å². The summed E-state index contributed by atoms with van der Waals surface area (Å²) in [5.41, 5.74) is 8.61. The standard InChI is InChI=1S/C24H27FN6O3/c1-13-17(11-29-23-22(13)27-5-8-33-23)16-9-14-10-19(28-12-18(14)21(26)20(16)25)30-24(32)34-15-3-6-31(2)7-4-15/h9-12,15,27H,3-8,26H2,1-2H3,(H,28,30,32). The average molecular weight is 467 g/mol. The molecule has 2 aliphatic rings. The van der Waals surface area contributed by atoms with E-state index >= 15 is 4.39 Å². The van der Waals surface area contributed by atoms with Crippen LogP contribution >= 0.6 is 0 Å². The fraction of sp³-hybridized carbons (Fsp3) is 0.375. The van der Waals surface area contributed by atoms with Gasteiger partial charge in [0.1, 0.15) is 24.2 Å². The number of amides is 1. The molecule has 0 unspecified atom stereocenters. The SMILES string of the molecule is Cc1c(-c2cc3cc(NC(=O)OC4CCN(C)CC4)ncc3c(N)c2F)cnc2c1NCCO2. The summed E-state index contributed by atoms with van der Waals surface area (Å²) in [5, 5.41) is 7.04. The molecule has 3 aromatic rings. The van der Waals surface area contributed by atoms with Gasteiger partial charge in [0.05, 0.1) is 5.69 Å². The number of piperidine rings is 1. The Morgan fingerprint density at radius 3 is 2.85 bits per heavy atom. The van der Waals surface area contributed by atoms with Gasteiger partial charge in [0.2, 0.25) is 5.88 Å². The number of rotatable bonds is 3. The van der Waals surface area contributed by atoms with Crippen LogP contribution in [0.3, 0.4) is 0 Å². The molecule has 4 N–H and O–H groups in total. The normalized spacial score (nSPS) is 16.4. The molecule has 2 aliphatic heterocycles. The van der Waals surface area contributed by atoms with Gasteiger partial charge in [0.15, 0.2) is 5.82 Å². The minimum absolute atomic E-state index is 0.0122. The lowest BCUT2D eigenvalue weighted by atomic mass is 9.97. The molecule has 0 aliphatic carbocycles. The van der Waals surface area contributed by atoms with Crippen molar-refractivity contribution in [1.29, 1.82) is 0 Å². The van der Waals surface area contributed by atoms with Crippen LogP contribution in [0.4, 0.5) is 26.4 Å². The molecule has 1 amide bonds. The van der Waals surface area contributed by atoms with Gasteiger partial charge in [0.25, 0.3) is 0 Å². The number of fused-ring (bicyclic) bond motifs is 2. The Morgan fingerprint density at radius 1 is 1.26 bits per heavy atom. The monoisotopic (exact) mass is 466 g/mol. The van der Waals surface area contributed by atoms with Gasteiger partial charge in [-0.3, -0.25) is 5.32 Å². The molecule has 0 atom stereocenters. The van der Waals surface area contributed by atoms with E-state index in [1.807, 2.05) is 14.0 Å². The van der Waals surface area contributed by atoms with E-state index < -0.39 is 11.9 Å². The molecule has 9 nitrogen and oxygen atoms in total. The van der Waals surface area contributed by atoms with Gasteiger partial charge in [-0.15, -0.1) is 0 Å². The maximum Gasteiger partial charge on any atom is 0.413 e. The molecule has 34 heavy (non-hydrogen) atoms. The molecule has 5 rings (SSSR count). The van der Waals surface area contributed by atoms with Crippen molar-refractivity contribution in [2.75, 3.05) is 49.7 Å². The summed E-state index contributed by atoms with van der Waals surface area (Å²) in [7, 11) is 2.05. The van der Waals surface area contributed by atoms with Crippen molar-refractivity contribution in [3.8, 4) is 17.0 Å². The Kier molecular flexibility index (Phi) is 5.82. The van der Waals surface area contributed by atoms with Gasteiger partial charge in [-0.05, 0) is 49.9 Å². The highest BCUT2D eigenvalue weighted by atomic mass is 19.1. The summed E-state index contributed by atoms with van der Waals surface area (Å²) in [6.45, 7) is 4.83. The van der Waals surface area contributed by atoms with Crippen LogP contribution in [-0.4, -0.2) is 60.4 Å². The molecule has 178 valence electrons. The lowest BCUT2D eigenvalue weighted by Crippen LogP contribution is -2.36. The van der Waals surface area contributed by atoms with E-state index in [9.17, 15) is 4.79 Å². The summed E-state index contributed by atoms with van der Waals surface area (Å²) < 4.78 is 26.4. The minimum atomic E-state index is -0.558. The Labute approximate surface area is 196 Å². The molecule has 1 saturated heterocycles. The highest BCUT2D eigenvalue weighted by Gasteiger charge is 2.22. The number of carbonyl (C=O) groups is 1. The molecular weight excluding hydrogens is 439 g/mol. The Bertz CT molecular complexity index is 1260. The number of nitrogens with two attached hydrogens (primary N) is 1. The number of hydrogen-bond acceptors (Lipinski definition) is 8. The second kappa shape index (κ2) is 8.94. The fourth-order valence-electron chi connectivity index (χ4n) is 4.44. The molecule has 2 aromatic heterocycles. The predicted octanol–water partition coefficient (Wildman–Crippen LogP) is 3.77. The molecule has 0 bridgehead atoms. The van der Waals surface area contributed by atoms with E-state index in [1.165, 1.54) is 6.20 Å². The molecule has 0 spiro atoms. The largest absolute Gasteiger partial charge is 0.474 e. The average Bonchev–Trinajstić information content (AvgIpc) is 2.83. The summed E-state index contributed by atoms with van der Waals surface area (Å²) in [6, 6.07) is 3.35. The summed E-state index contributed by atoms with van der Waals surface area (Å²) in [5.74, 6) is 0.261. The maximum absolute atomic E-state index is 15.3. The number of halogens is 1. The lowest BCUT2D eigenvalue weighted by molar-refractivity contribution is 0.0661. The van der Waals surface area contributed by atoms with Crippen LogP contribution in [0, 0.1) is 12.7 Å². The van der Waals surface area contributed by atoms with E-state index in [-0.39, 0.29) is 11.8 Å². The minimum Gasteiger partial charge on any atom is -0.474 e. The zero-order valence-electron chi connectivity index (χ0n) is 19.2. The second-order valence-electron chi connectivity index (χ2n) is 8.73. The lowest BCUT2D eigenvalue weighted by Gasteiger charge is -2.28. The van der Waals surface area contributed by atoms with Crippen LogP contribution in [-0.2, 0) is 4.74 Å². The number of nitrogen functional groups attached to an aromatic ring is 1. The first kappa shape index (κ1) is 22.1. The molecular formula is C24H27FN6O3. The van der Waals surface area contributed by atoms with E-state index in [1.54, 1.807) is 18.3 Å². The molecule has 10 heteroatoms. The van der Waals surface area contributed by atoms with Crippen molar-refractivity contribution < 1.29 is 18.7 Å². The predicted molar refractivity (Wildman–Crippen MR) is 129 cm³/mol. The van der Waals surface area contributed by atoms with Crippen LogP contribution in [0.1, 0.15) is 18.4 Å². The molecule has 1 fully saturated rings. The first-order chi connectivity index (χ1) is 16.4. The highest BCUT2D eigenvalue weighted by Crippen LogP contribution is 2.39. The molecule has 0 radical (unpaired) electrons. The van der Waals surface area contributed by atoms with Crippen molar-refractivity contribution in [2.45, 2.75) is 25.9 Å². The van der Waals surface area contributed by atoms with Crippen molar-refractivity contribution in [1.82, 2.24) is 14.9 Å². The number of anilines is 3. The number of nitrogens with zero attached hydrogens (tertiary/aromatic N) is 3. The van der Waals surface area contributed by atoms with E-state index in [0.29, 0.717) is 46.7 Å². The first-order valence-corrected chi connectivity index (χ1v) is 11.3. The van der Waals surface area contributed by atoms with Crippen molar-refractivity contribution in [2.24, 2.45) is 0 Å². The molecule has 4 heterocycles. The number of hydrogen-bond donors (Lipinski definition) is 3. The second-order valence-corrected chi connectivity index (χ2v) is 8.73. The Hall–Kier alpha value is -3.66. The van der Waals surface area contributed by atoms with Crippen molar-refractivity contribution >= 4 is 34.1 Å². The number of ether oxygens (including phenoxy) is 2. The third kappa shape index (κ3) is 4.16. The van der Waals surface area contributed by atoms with Gasteiger partial charge < -0.3 is 25.4 Å². The number of nitrogens with one attached hydrogen (secondary N) is 2. The molecule has 1 aromatic carbocycles. The maximum atomic E-state index is 15.3. The van der Waals surface area contributed by atoms with Gasteiger partial charge >= 0.3 is 6.09 Å². The third-order valence-electron chi connectivity index (χ3n) is 6.40.